The number of ether oxygens (including phenoxy) is 1. The van der Waals surface area contributed by atoms with Gasteiger partial charge in [-0.3, -0.25) is 9.40 Å². The summed E-state index contributed by atoms with van der Waals surface area (Å²) in [7, 11) is -3.71. The number of anilines is 1. The molecule has 6 nitrogen and oxygen atoms in total. The third-order valence-corrected chi connectivity index (χ3v) is 5.75. The molecule has 0 saturated carbocycles. The van der Waals surface area contributed by atoms with Gasteiger partial charge < -0.3 is 4.74 Å². The lowest BCUT2D eigenvalue weighted by atomic mass is 10.1. The van der Waals surface area contributed by atoms with Gasteiger partial charge in [-0.15, -0.1) is 0 Å². The molecule has 2 aromatic rings. The largest absolute Gasteiger partial charge is 0.376 e. The molecule has 1 aliphatic heterocycles. The number of aromatic nitrogens is 2. The number of sulfonamides is 1. The zero-order valence-corrected chi connectivity index (χ0v) is 15.0. The van der Waals surface area contributed by atoms with Crippen LogP contribution in [-0.4, -0.2) is 30.9 Å². The summed E-state index contributed by atoms with van der Waals surface area (Å²) in [6, 6.07) is 4.79. The Hall–Kier alpha value is -1.57. The Kier molecular flexibility index (Phi) is 5.12. The first-order valence-corrected chi connectivity index (χ1v) is 9.73. The van der Waals surface area contributed by atoms with Crippen molar-refractivity contribution in [2.75, 3.05) is 11.3 Å². The van der Waals surface area contributed by atoms with Gasteiger partial charge in [0, 0.05) is 17.8 Å². The van der Waals surface area contributed by atoms with Crippen LogP contribution in [0.4, 0.5) is 5.69 Å². The highest BCUT2D eigenvalue weighted by atomic mass is 35.5. The normalized spacial score (nSPS) is 18.5. The Labute approximate surface area is 146 Å². The maximum Gasteiger partial charge on any atom is 0.262 e. The molecule has 1 N–H and O–H groups in total. The van der Waals surface area contributed by atoms with Gasteiger partial charge in [-0.25, -0.2) is 8.42 Å². The van der Waals surface area contributed by atoms with Crippen molar-refractivity contribution in [3.63, 3.8) is 0 Å². The zero-order chi connectivity index (χ0) is 17.2. The van der Waals surface area contributed by atoms with Gasteiger partial charge >= 0.3 is 0 Å². The number of nitrogens with zero attached hydrogens (tertiary/aromatic N) is 2. The summed E-state index contributed by atoms with van der Waals surface area (Å²) >= 11 is 5.92. The van der Waals surface area contributed by atoms with Crippen molar-refractivity contribution in [2.45, 2.75) is 43.7 Å². The molecule has 1 saturated heterocycles. The summed E-state index contributed by atoms with van der Waals surface area (Å²) in [5.41, 5.74) is 1.06. The smallest absolute Gasteiger partial charge is 0.262 e. The quantitative estimate of drug-likeness (QED) is 0.878. The topological polar surface area (TPSA) is 73.2 Å². The maximum atomic E-state index is 12.5. The monoisotopic (exact) mass is 369 g/mol. The predicted octanol–water partition coefficient (Wildman–Crippen LogP) is 3.21. The molecule has 1 aromatic carbocycles. The number of rotatable bonds is 5. The Morgan fingerprint density at radius 1 is 1.42 bits per heavy atom. The summed E-state index contributed by atoms with van der Waals surface area (Å²) in [4.78, 5) is 0.165. The van der Waals surface area contributed by atoms with E-state index in [0.717, 1.165) is 25.9 Å². The van der Waals surface area contributed by atoms with Crippen LogP contribution in [-0.2, 0) is 21.3 Å². The van der Waals surface area contributed by atoms with Gasteiger partial charge in [0.15, 0.2) is 0 Å². The van der Waals surface area contributed by atoms with Crippen molar-refractivity contribution in [1.82, 2.24) is 9.78 Å². The van der Waals surface area contributed by atoms with E-state index in [-0.39, 0.29) is 11.0 Å². The zero-order valence-electron chi connectivity index (χ0n) is 13.4. The van der Waals surface area contributed by atoms with Crippen LogP contribution in [0.15, 0.2) is 35.5 Å². The highest BCUT2D eigenvalue weighted by molar-refractivity contribution is 7.92. The minimum Gasteiger partial charge on any atom is -0.376 e. The van der Waals surface area contributed by atoms with Gasteiger partial charge in [0.2, 0.25) is 0 Å². The molecule has 130 valence electrons. The molecule has 0 radical (unpaired) electrons. The van der Waals surface area contributed by atoms with Gasteiger partial charge in [0.05, 0.1) is 29.4 Å². The van der Waals surface area contributed by atoms with E-state index in [1.807, 2.05) is 0 Å². The molecule has 2 heterocycles. The molecule has 0 amide bonds. The van der Waals surface area contributed by atoms with Crippen molar-refractivity contribution in [1.29, 1.82) is 0 Å². The number of nitrogens with one attached hydrogen (secondary N) is 1. The van der Waals surface area contributed by atoms with Gasteiger partial charge in [0.1, 0.15) is 0 Å². The second-order valence-corrected chi connectivity index (χ2v) is 8.04. The summed E-state index contributed by atoms with van der Waals surface area (Å²) in [5.74, 6) is 0. The third-order valence-electron chi connectivity index (χ3n) is 3.99. The fourth-order valence-corrected chi connectivity index (χ4v) is 4.29. The molecule has 1 atom stereocenters. The van der Waals surface area contributed by atoms with Crippen LogP contribution in [0.25, 0.3) is 0 Å². The second kappa shape index (κ2) is 7.13. The fourth-order valence-electron chi connectivity index (χ4n) is 2.75. The molecule has 1 unspecified atom stereocenters. The van der Waals surface area contributed by atoms with Crippen molar-refractivity contribution in [2.24, 2.45) is 0 Å². The van der Waals surface area contributed by atoms with Crippen LogP contribution in [0.1, 0.15) is 24.8 Å². The van der Waals surface area contributed by atoms with Crippen LogP contribution in [0, 0.1) is 6.92 Å². The molecule has 0 bridgehead atoms. The number of aryl methyl sites for hydroxylation is 1. The summed E-state index contributed by atoms with van der Waals surface area (Å²) in [6.45, 7) is 3.13. The third kappa shape index (κ3) is 4.09. The first kappa shape index (κ1) is 17.3. The molecule has 0 spiro atoms. The molecule has 0 aliphatic carbocycles. The van der Waals surface area contributed by atoms with Gasteiger partial charge in [-0.05, 0) is 43.9 Å². The minimum atomic E-state index is -3.71. The van der Waals surface area contributed by atoms with Gasteiger partial charge in [-0.1, -0.05) is 17.7 Å². The van der Waals surface area contributed by atoms with Crippen molar-refractivity contribution < 1.29 is 13.2 Å². The lowest BCUT2D eigenvalue weighted by Crippen LogP contribution is -2.24. The summed E-state index contributed by atoms with van der Waals surface area (Å²) < 4.78 is 35.0. The van der Waals surface area contributed by atoms with E-state index < -0.39 is 10.0 Å². The number of halogens is 1. The lowest BCUT2D eigenvalue weighted by Gasteiger charge is -2.22. The molecule has 1 aromatic heterocycles. The first-order valence-electron chi connectivity index (χ1n) is 7.87. The Morgan fingerprint density at radius 3 is 3.00 bits per heavy atom. The van der Waals surface area contributed by atoms with E-state index in [0.29, 0.717) is 22.8 Å². The van der Waals surface area contributed by atoms with E-state index >= 15 is 0 Å². The molecular formula is C16H20ClN3O3S. The molecule has 1 aliphatic rings. The van der Waals surface area contributed by atoms with Crippen LogP contribution in [0.3, 0.4) is 0 Å². The lowest BCUT2D eigenvalue weighted by molar-refractivity contribution is 0.00401. The van der Waals surface area contributed by atoms with Crippen LogP contribution in [0.5, 0.6) is 0 Å². The summed E-state index contributed by atoms with van der Waals surface area (Å²) in [5, 5.41) is 4.59. The molecule has 1 fully saturated rings. The van der Waals surface area contributed by atoms with Gasteiger partial charge in [-0.2, -0.15) is 5.10 Å². The van der Waals surface area contributed by atoms with E-state index in [9.17, 15) is 8.42 Å². The average Bonchev–Trinajstić information content (AvgIpc) is 2.97. The van der Waals surface area contributed by atoms with Crippen molar-refractivity contribution in [3.05, 3.63) is 41.2 Å². The molecule has 8 heteroatoms. The Morgan fingerprint density at radius 2 is 2.25 bits per heavy atom. The van der Waals surface area contributed by atoms with Crippen LogP contribution in [0.2, 0.25) is 5.02 Å². The van der Waals surface area contributed by atoms with E-state index in [4.69, 9.17) is 16.3 Å². The first-order chi connectivity index (χ1) is 11.4. The number of hydrogen-bond acceptors (Lipinski definition) is 4. The second-order valence-electron chi connectivity index (χ2n) is 5.95. The molecule has 3 rings (SSSR count). The average molecular weight is 370 g/mol. The van der Waals surface area contributed by atoms with E-state index in [1.54, 1.807) is 29.9 Å². The van der Waals surface area contributed by atoms with Crippen LogP contribution >= 0.6 is 11.6 Å². The van der Waals surface area contributed by atoms with E-state index in [2.05, 4.69) is 9.82 Å². The number of benzene rings is 1. The van der Waals surface area contributed by atoms with Crippen molar-refractivity contribution >= 4 is 27.3 Å². The highest BCUT2D eigenvalue weighted by Gasteiger charge is 2.19. The molecule has 24 heavy (non-hydrogen) atoms. The Bertz CT molecular complexity index is 814. The fraction of sp³-hybridized carbons (Fsp3) is 0.438. The summed E-state index contributed by atoms with van der Waals surface area (Å²) in [6.07, 6.45) is 6.57. The van der Waals surface area contributed by atoms with E-state index in [1.165, 1.54) is 12.3 Å². The maximum absolute atomic E-state index is 12.5. The van der Waals surface area contributed by atoms with Gasteiger partial charge in [0.25, 0.3) is 10.0 Å². The Balaban J connectivity index is 1.72. The SMILES string of the molecule is Cc1ccc(Cl)cc1S(=O)(=O)Nc1cnn(CC2CCCCO2)c1. The minimum absolute atomic E-state index is 0.137. The standard InChI is InChI=1S/C16H20ClN3O3S/c1-12-5-6-13(17)8-16(12)24(21,22)19-14-9-18-20(10-14)11-15-4-2-3-7-23-15/h5-6,8-10,15,19H,2-4,7,11H2,1H3. The number of hydrogen-bond donors (Lipinski definition) is 1. The van der Waals surface area contributed by atoms with Crippen LogP contribution < -0.4 is 4.72 Å². The predicted molar refractivity (Wildman–Crippen MR) is 92.8 cm³/mol. The highest BCUT2D eigenvalue weighted by Crippen LogP contribution is 2.23. The van der Waals surface area contributed by atoms with Crippen molar-refractivity contribution in [3.8, 4) is 0 Å². The molecular weight excluding hydrogens is 350 g/mol.